The zero-order chi connectivity index (χ0) is 17.5. The Morgan fingerprint density at radius 1 is 0.875 bits per heavy atom. The number of hydrogen-bond acceptors (Lipinski definition) is 4. The molecule has 0 aromatic heterocycles. The van der Waals surface area contributed by atoms with E-state index in [1.165, 1.54) is 38.5 Å². The number of hydrogen-bond donors (Lipinski definition) is 1. The topological polar surface area (TPSA) is 55.8 Å². The Hall–Kier alpha value is -1.55. The molecular weight excluding hydrogens is 304 g/mol. The second-order valence-electron chi connectivity index (χ2n) is 6.00. The zero-order valence-electron chi connectivity index (χ0n) is 15.0. The van der Waals surface area contributed by atoms with Gasteiger partial charge in [0.05, 0.1) is 18.8 Å². The summed E-state index contributed by atoms with van der Waals surface area (Å²) in [5, 5.41) is 8.70. The number of unbranched alkanes of at least 4 members (excludes halogenated alkanes) is 8. The fourth-order valence-corrected chi connectivity index (χ4v) is 2.54. The molecule has 0 fully saturated rings. The van der Waals surface area contributed by atoms with Crippen LogP contribution < -0.4 is 4.74 Å². The second-order valence-corrected chi connectivity index (χ2v) is 6.00. The largest absolute Gasteiger partial charge is 0.494 e. The molecule has 0 unspecified atom stereocenters. The molecule has 0 saturated heterocycles. The summed E-state index contributed by atoms with van der Waals surface area (Å²) < 4.78 is 10.6. The first-order valence-electron chi connectivity index (χ1n) is 9.28. The number of carbonyl (C=O) groups excluding carboxylic acids is 1. The Morgan fingerprint density at radius 2 is 1.42 bits per heavy atom. The molecule has 0 aliphatic carbocycles. The fraction of sp³-hybridized carbons (Fsp3) is 0.650. The standard InChI is InChI=1S/C20H32O4/c1-2-23-20(22)18-12-14-19(15-13-18)24-17-11-9-7-5-3-4-6-8-10-16-21/h12-15,21H,2-11,16-17H2,1H3. The van der Waals surface area contributed by atoms with Crippen LogP contribution in [-0.2, 0) is 4.74 Å². The van der Waals surface area contributed by atoms with E-state index in [1.54, 1.807) is 19.1 Å². The molecule has 1 aromatic rings. The lowest BCUT2D eigenvalue weighted by molar-refractivity contribution is 0.0526. The number of carbonyl (C=O) groups is 1. The van der Waals surface area contributed by atoms with Gasteiger partial charge in [0.25, 0.3) is 0 Å². The number of esters is 1. The van der Waals surface area contributed by atoms with Crippen LogP contribution in [0.15, 0.2) is 24.3 Å². The third kappa shape index (κ3) is 9.56. The highest BCUT2D eigenvalue weighted by atomic mass is 16.5. The third-order valence-electron chi connectivity index (χ3n) is 3.94. The van der Waals surface area contributed by atoms with E-state index in [2.05, 4.69) is 0 Å². The van der Waals surface area contributed by atoms with Crippen LogP contribution in [0.3, 0.4) is 0 Å². The van der Waals surface area contributed by atoms with Crippen molar-refractivity contribution >= 4 is 5.97 Å². The average molecular weight is 336 g/mol. The Bertz CT molecular complexity index is 428. The summed E-state index contributed by atoms with van der Waals surface area (Å²) in [6.45, 7) is 3.23. The molecule has 136 valence electrons. The molecule has 0 bridgehead atoms. The normalized spacial score (nSPS) is 10.6. The van der Waals surface area contributed by atoms with Crippen molar-refractivity contribution in [3.05, 3.63) is 29.8 Å². The zero-order valence-corrected chi connectivity index (χ0v) is 15.0. The second kappa shape index (κ2) is 13.8. The van der Waals surface area contributed by atoms with Gasteiger partial charge >= 0.3 is 5.97 Å². The molecule has 1 N–H and O–H groups in total. The van der Waals surface area contributed by atoms with Gasteiger partial charge in [-0.1, -0.05) is 44.9 Å². The molecule has 0 amide bonds. The summed E-state index contributed by atoms with van der Waals surface area (Å²) in [6.07, 6.45) is 10.7. The van der Waals surface area contributed by atoms with Crippen molar-refractivity contribution in [3.8, 4) is 5.75 Å². The van der Waals surface area contributed by atoms with E-state index in [-0.39, 0.29) is 5.97 Å². The minimum absolute atomic E-state index is 0.291. The molecule has 1 aromatic carbocycles. The Kier molecular flexibility index (Phi) is 11.8. The SMILES string of the molecule is CCOC(=O)c1ccc(OCCCCCCCCCCCO)cc1. The molecular formula is C20H32O4. The van der Waals surface area contributed by atoms with Crippen molar-refractivity contribution in [2.75, 3.05) is 19.8 Å². The van der Waals surface area contributed by atoms with Crippen molar-refractivity contribution < 1.29 is 19.4 Å². The molecule has 0 atom stereocenters. The van der Waals surface area contributed by atoms with Gasteiger partial charge in [-0.05, 0) is 44.0 Å². The van der Waals surface area contributed by atoms with Gasteiger partial charge in [0, 0.05) is 6.61 Å². The van der Waals surface area contributed by atoms with Crippen LogP contribution in [0.1, 0.15) is 75.1 Å². The van der Waals surface area contributed by atoms with Gasteiger partial charge in [0.2, 0.25) is 0 Å². The lowest BCUT2D eigenvalue weighted by atomic mass is 10.1. The number of rotatable bonds is 14. The molecule has 4 nitrogen and oxygen atoms in total. The van der Waals surface area contributed by atoms with Gasteiger partial charge in [-0.3, -0.25) is 0 Å². The van der Waals surface area contributed by atoms with Crippen LogP contribution in [0.4, 0.5) is 0 Å². The van der Waals surface area contributed by atoms with Crippen molar-refractivity contribution in [1.82, 2.24) is 0 Å². The first-order valence-corrected chi connectivity index (χ1v) is 9.28. The maximum Gasteiger partial charge on any atom is 0.338 e. The third-order valence-corrected chi connectivity index (χ3v) is 3.94. The van der Waals surface area contributed by atoms with E-state index in [1.807, 2.05) is 12.1 Å². The van der Waals surface area contributed by atoms with E-state index in [0.717, 1.165) is 31.6 Å². The summed E-state index contributed by atoms with van der Waals surface area (Å²) in [5.41, 5.74) is 0.559. The maximum atomic E-state index is 11.5. The van der Waals surface area contributed by atoms with Crippen molar-refractivity contribution in [3.63, 3.8) is 0 Å². The number of aliphatic hydroxyl groups is 1. The van der Waals surface area contributed by atoms with E-state index in [0.29, 0.717) is 18.8 Å². The van der Waals surface area contributed by atoms with Crippen molar-refractivity contribution in [1.29, 1.82) is 0 Å². The van der Waals surface area contributed by atoms with E-state index in [9.17, 15) is 4.79 Å². The molecule has 4 heteroatoms. The van der Waals surface area contributed by atoms with Gasteiger partial charge in [-0.2, -0.15) is 0 Å². The Labute approximate surface area is 146 Å². The fourth-order valence-electron chi connectivity index (χ4n) is 2.54. The summed E-state index contributed by atoms with van der Waals surface area (Å²) >= 11 is 0. The number of ether oxygens (including phenoxy) is 2. The quantitative estimate of drug-likeness (QED) is 0.393. The molecule has 0 aliphatic heterocycles. The molecule has 0 saturated carbocycles. The van der Waals surface area contributed by atoms with Crippen molar-refractivity contribution in [2.24, 2.45) is 0 Å². The Balaban J connectivity index is 2.00. The Morgan fingerprint density at radius 3 is 1.96 bits per heavy atom. The van der Waals surface area contributed by atoms with E-state index in [4.69, 9.17) is 14.6 Å². The highest BCUT2D eigenvalue weighted by Crippen LogP contribution is 2.14. The summed E-state index contributed by atoms with van der Waals surface area (Å²) in [7, 11) is 0. The maximum absolute atomic E-state index is 11.5. The van der Waals surface area contributed by atoms with Crippen LogP contribution in [0, 0.1) is 0 Å². The summed E-state index contributed by atoms with van der Waals surface area (Å²) in [6, 6.07) is 7.12. The van der Waals surface area contributed by atoms with Crippen LogP contribution >= 0.6 is 0 Å². The molecule has 0 spiro atoms. The summed E-state index contributed by atoms with van der Waals surface area (Å²) in [5.74, 6) is 0.507. The van der Waals surface area contributed by atoms with E-state index >= 15 is 0 Å². The number of benzene rings is 1. The van der Waals surface area contributed by atoms with Crippen LogP contribution in [-0.4, -0.2) is 30.9 Å². The lowest BCUT2D eigenvalue weighted by Crippen LogP contribution is -2.04. The van der Waals surface area contributed by atoms with Crippen LogP contribution in [0.5, 0.6) is 5.75 Å². The minimum atomic E-state index is -0.291. The molecule has 1 rings (SSSR count). The van der Waals surface area contributed by atoms with Crippen molar-refractivity contribution in [2.45, 2.75) is 64.7 Å². The minimum Gasteiger partial charge on any atom is -0.494 e. The predicted octanol–water partition coefficient (Wildman–Crippen LogP) is 4.75. The molecule has 24 heavy (non-hydrogen) atoms. The number of aliphatic hydroxyl groups excluding tert-OH is 1. The average Bonchev–Trinajstić information content (AvgIpc) is 2.60. The smallest absolute Gasteiger partial charge is 0.338 e. The summed E-state index contributed by atoms with van der Waals surface area (Å²) in [4.78, 5) is 11.5. The monoisotopic (exact) mass is 336 g/mol. The highest BCUT2D eigenvalue weighted by Gasteiger charge is 2.05. The van der Waals surface area contributed by atoms with Gasteiger partial charge in [0.1, 0.15) is 5.75 Å². The van der Waals surface area contributed by atoms with Crippen LogP contribution in [0.2, 0.25) is 0 Å². The van der Waals surface area contributed by atoms with Gasteiger partial charge in [-0.25, -0.2) is 4.79 Å². The van der Waals surface area contributed by atoms with Gasteiger partial charge < -0.3 is 14.6 Å². The first kappa shape index (κ1) is 20.5. The van der Waals surface area contributed by atoms with E-state index < -0.39 is 0 Å². The molecule has 0 radical (unpaired) electrons. The van der Waals surface area contributed by atoms with Gasteiger partial charge in [0.15, 0.2) is 0 Å². The lowest BCUT2D eigenvalue weighted by Gasteiger charge is -2.07. The highest BCUT2D eigenvalue weighted by molar-refractivity contribution is 5.89. The van der Waals surface area contributed by atoms with Crippen LogP contribution in [0.25, 0.3) is 0 Å². The predicted molar refractivity (Wildman–Crippen MR) is 96.5 cm³/mol. The molecule has 0 heterocycles. The molecule has 0 aliphatic rings. The first-order chi connectivity index (χ1) is 11.8. The van der Waals surface area contributed by atoms with Gasteiger partial charge in [-0.15, -0.1) is 0 Å².